The van der Waals surface area contributed by atoms with E-state index in [0.717, 1.165) is 37.9 Å². The van der Waals surface area contributed by atoms with Gasteiger partial charge in [0.15, 0.2) is 0 Å². The van der Waals surface area contributed by atoms with Crippen LogP contribution < -0.4 is 10.6 Å². The molecule has 2 N–H and O–H groups in total. The van der Waals surface area contributed by atoms with Crippen LogP contribution in [0.2, 0.25) is 0 Å². The molecule has 1 aliphatic heterocycles. The van der Waals surface area contributed by atoms with Gasteiger partial charge in [-0.3, -0.25) is 35.0 Å². The number of carbonyl (C=O) groups excluding carboxylic acids is 2. The lowest BCUT2D eigenvalue weighted by atomic mass is 9.73. The Morgan fingerprint density at radius 3 is 1.17 bits per heavy atom. The fraction of sp³-hybridized carbons (Fsp3) is 0.210. The zero-order valence-corrected chi connectivity index (χ0v) is 39.0. The van der Waals surface area contributed by atoms with Crippen LogP contribution in [0.15, 0.2) is 231 Å². The van der Waals surface area contributed by atoms with Crippen molar-refractivity contribution in [3.05, 3.63) is 281 Å². The highest BCUT2D eigenvalue weighted by molar-refractivity contribution is 6.21. The minimum atomic E-state index is -0.672. The second kappa shape index (κ2) is 20.9. The first kappa shape index (κ1) is 45.5. The first-order chi connectivity index (χ1) is 34.0. The van der Waals surface area contributed by atoms with E-state index in [9.17, 15) is 9.59 Å². The molecular weight excluding hydrogens is 847 g/mol. The van der Waals surface area contributed by atoms with Crippen molar-refractivity contribution in [1.29, 1.82) is 0 Å². The van der Waals surface area contributed by atoms with E-state index in [-0.39, 0.29) is 29.9 Å². The first-order valence-corrected chi connectivity index (χ1v) is 24.5. The van der Waals surface area contributed by atoms with Crippen molar-refractivity contribution in [2.24, 2.45) is 0 Å². The maximum Gasteiger partial charge on any atom is 0.261 e. The monoisotopic (exact) mass is 905 g/mol. The van der Waals surface area contributed by atoms with Crippen molar-refractivity contribution >= 4 is 11.8 Å². The normalized spacial score (nSPS) is 17.2. The molecular formula is C62H59N5O2. The number of hydrogen-bond donors (Lipinski definition) is 2. The number of imide groups is 1. The van der Waals surface area contributed by atoms with Crippen molar-refractivity contribution in [3.63, 3.8) is 0 Å². The fourth-order valence-corrected chi connectivity index (χ4v) is 11.2. The molecule has 7 heteroatoms. The van der Waals surface area contributed by atoms with E-state index < -0.39 is 11.1 Å². The Labute approximate surface area is 406 Å². The maximum atomic E-state index is 13.4. The van der Waals surface area contributed by atoms with Crippen molar-refractivity contribution in [2.75, 3.05) is 13.1 Å². The molecule has 2 amide bonds. The molecule has 1 aromatic heterocycles. The van der Waals surface area contributed by atoms with Gasteiger partial charge in [0.25, 0.3) is 11.8 Å². The first-order valence-electron chi connectivity index (χ1n) is 24.5. The Hall–Kier alpha value is -7.29. The van der Waals surface area contributed by atoms with Crippen LogP contribution >= 0.6 is 0 Å². The van der Waals surface area contributed by atoms with E-state index in [0.29, 0.717) is 30.6 Å². The highest BCUT2D eigenvalue weighted by Crippen LogP contribution is 2.42. The van der Waals surface area contributed by atoms with E-state index in [4.69, 9.17) is 4.98 Å². The standard InChI is InChI=1S/C62H59N5O2/c68-59-57-38-19-20-39-58(57)60(69)67(59)42-24-23-41-66(46-53-37-21-22-40-63-53)56-44-54(64-61(47-25-7-1-8-26-47,48-27-9-2-10-28-48)49-29-11-3-12-30-49)43-55(45-56)65-62(50-31-13-4-14-32-50,51-33-15-5-16-34-51)52-35-17-6-18-36-52/h1-22,25-40,54-56,64-65H,23-24,41-46H2/t54-,55+,56?. The molecule has 2 heterocycles. The highest BCUT2D eigenvalue weighted by atomic mass is 16.2. The summed E-state index contributed by atoms with van der Waals surface area (Å²) in [6.07, 6.45) is 6.00. The summed E-state index contributed by atoms with van der Waals surface area (Å²) in [6, 6.07) is 79.0. The summed E-state index contributed by atoms with van der Waals surface area (Å²) in [6.45, 7) is 1.82. The van der Waals surface area contributed by atoms with Gasteiger partial charge in [-0.25, -0.2) is 0 Å². The van der Waals surface area contributed by atoms with E-state index in [1.165, 1.54) is 38.3 Å². The summed E-state index contributed by atoms with van der Waals surface area (Å²) in [5.74, 6) is -0.401. The summed E-state index contributed by atoms with van der Waals surface area (Å²) in [5, 5.41) is 8.92. The number of pyridine rings is 1. The van der Waals surface area contributed by atoms with Crippen LogP contribution in [0.5, 0.6) is 0 Å². The molecule has 69 heavy (non-hydrogen) atoms. The third-order valence-electron chi connectivity index (χ3n) is 14.3. The predicted molar refractivity (Wildman–Crippen MR) is 276 cm³/mol. The largest absolute Gasteiger partial charge is 0.297 e. The molecule has 8 aromatic rings. The van der Waals surface area contributed by atoms with Crippen molar-refractivity contribution in [2.45, 2.75) is 67.9 Å². The smallest absolute Gasteiger partial charge is 0.261 e. The third-order valence-corrected chi connectivity index (χ3v) is 14.3. The number of hydrogen-bond acceptors (Lipinski definition) is 6. The topological polar surface area (TPSA) is 77.6 Å². The highest BCUT2D eigenvalue weighted by Gasteiger charge is 2.45. The second-order valence-corrected chi connectivity index (χ2v) is 18.5. The van der Waals surface area contributed by atoms with Gasteiger partial charge in [0, 0.05) is 37.4 Å². The van der Waals surface area contributed by atoms with Gasteiger partial charge in [-0.2, -0.15) is 0 Å². The lowest BCUT2D eigenvalue weighted by molar-refractivity contribution is 0.0644. The average molecular weight is 906 g/mol. The van der Waals surface area contributed by atoms with Crippen molar-refractivity contribution < 1.29 is 9.59 Å². The Morgan fingerprint density at radius 1 is 0.449 bits per heavy atom. The number of fused-ring (bicyclic) bond motifs is 1. The van der Waals surface area contributed by atoms with E-state index in [1.54, 1.807) is 12.1 Å². The lowest BCUT2D eigenvalue weighted by Crippen LogP contribution is -2.60. The summed E-state index contributed by atoms with van der Waals surface area (Å²) in [7, 11) is 0. The molecule has 0 saturated heterocycles. The van der Waals surface area contributed by atoms with Crippen LogP contribution in [-0.2, 0) is 17.6 Å². The number of nitrogens with zero attached hydrogens (tertiary/aromatic N) is 3. The predicted octanol–water partition coefficient (Wildman–Crippen LogP) is 11.4. The Balaban J connectivity index is 1.06. The fourth-order valence-electron chi connectivity index (χ4n) is 11.2. The Bertz CT molecular complexity index is 2540. The van der Waals surface area contributed by atoms with Gasteiger partial charge >= 0.3 is 0 Å². The van der Waals surface area contributed by atoms with Crippen LogP contribution in [0.3, 0.4) is 0 Å². The van der Waals surface area contributed by atoms with Crippen molar-refractivity contribution in [3.8, 4) is 0 Å². The zero-order chi connectivity index (χ0) is 46.9. The zero-order valence-electron chi connectivity index (χ0n) is 39.0. The molecule has 0 spiro atoms. The van der Waals surface area contributed by atoms with Crippen molar-refractivity contribution in [1.82, 2.24) is 25.4 Å². The van der Waals surface area contributed by atoms with E-state index in [2.05, 4.69) is 210 Å². The quantitative estimate of drug-likeness (QED) is 0.0507. The Kier molecular flexibility index (Phi) is 13.8. The molecule has 3 atom stereocenters. The molecule has 7 nitrogen and oxygen atoms in total. The van der Waals surface area contributed by atoms with Crippen LogP contribution in [-0.4, -0.2) is 57.8 Å². The molecule has 10 rings (SSSR count). The SMILES string of the molecule is O=C1c2ccccc2C(=O)N1CCCCN(Cc1ccccn1)C1C[C@@H](NC(c2ccccc2)(c2ccccc2)c2ccccc2)C[C@@H](NC(c2ccccc2)(c2ccccc2)c2ccccc2)C1. The average Bonchev–Trinajstić information content (AvgIpc) is 3.66. The van der Waals surface area contributed by atoms with Gasteiger partial charge in [0.2, 0.25) is 0 Å². The van der Waals surface area contributed by atoms with E-state index >= 15 is 0 Å². The number of aromatic nitrogens is 1. The third kappa shape index (κ3) is 9.46. The molecule has 344 valence electrons. The second-order valence-electron chi connectivity index (χ2n) is 18.5. The number of nitrogens with one attached hydrogen (secondary N) is 2. The van der Waals surface area contributed by atoms with Gasteiger partial charge < -0.3 is 0 Å². The van der Waals surface area contributed by atoms with Gasteiger partial charge in [0.05, 0.1) is 27.9 Å². The molecule has 0 bridgehead atoms. The molecule has 1 unspecified atom stereocenters. The minimum Gasteiger partial charge on any atom is -0.297 e. The molecule has 7 aromatic carbocycles. The number of carbonyl (C=O) groups is 2. The number of rotatable bonds is 18. The Morgan fingerprint density at radius 2 is 0.812 bits per heavy atom. The lowest BCUT2D eigenvalue weighted by Gasteiger charge is -2.49. The number of amides is 2. The van der Waals surface area contributed by atoms with Gasteiger partial charge in [-0.1, -0.05) is 200 Å². The number of unbranched alkanes of at least 4 members (excludes halogenated alkanes) is 1. The molecule has 0 radical (unpaired) electrons. The summed E-state index contributed by atoms with van der Waals surface area (Å²) >= 11 is 0. The number of benzene rings is 7. The minimum absolute atomic E-state index is 0.0338. The summed E-state index contributed by atoms with van der Waals surface area (Å²) in [5.41, 5.74) is 7.74. The van der Waals surface area contributed by atoms with E-state index in [1.807, 2.05) is 24.4 Å². The van der Waals surface area contributed by atoms with Crippen LogP contribution in [0, 0.1) is 0 Å². The molecule has 1 fully saturated rings. The summed E-state index contributed by atoms with van der Waals surface area (Å²) in [4.78, 5) is 35.7. The summed E-state index contributed by atoms with van der Waals surface area (Å²) < 4.78 is 0. The molecule has 2 aliphatic rings. The van der Waals surface area contributed by atoms with Crippen LogP contribution in [0.1, 0.15) is 91.9 Å². The van der Waals surface area contributed by atoms with Gasteiger partial charge in [-0.05, 0) is 96.3 Å². The molecule has 1 saturated carbocycles. The van der Waals surface area contributed by atoms with Crippen LogP contribution in [0.25, 0.3) is 0 Å². The van der Waals surface area contributed by atoms with Crippen LogP contribution in [0.4, 0.5) is 0 Å². The molecule has 1 aliphatic carbocycles. The van der Waals surface area contributed by atoms with Gasteiger partial charge in [-0.15, -0.1) is 0 Å². The maximum absolute atomic E-state index is 13.4. The van der Waals surface area contributed by atoms with Gasteiger partial charge in [0.1, 0.15) is 0 Å².